The summed E-state index contributed by atoms with van der Waals surface area (Å²) < 4.78 is 10.7. The molecule has 34 heavy (non-hydrogen) atoms. The van der Waals surface area contributed by atoms with Crippen molar-refractivity contribution in [3.05, 3.63) is 83.9 Å². The van der Waals surface area contributed by atoms with Gasteiger partial charge in [-0.3, -0.25) is 19.4 Å². The highest BCUT2D eigenvalue weighted by Crippen LogP contribution is 2.45. The normalized spacial score (nSPS) is 20.2. The van der Waals surface area contributed by atoms with E-state index in [1.165, 1.54) is 0 Å². The molecule has 3 aromatic rings. The summed E-state index contributed by atoms with van der Waals surface area (Å²) in [5, 5.41) is -0.220. The highest BCUT2D eigenvalue weighted by molar-refractivity contribution is 8.01. The van der Waals surface area contributed by atoms with Crippen LogP contribution in [0, 0.1) is 0 Å². The minimum atomic E-state index is -0.110. The van der Waals surface area contributed by atoms with Gasteiger partial charge < -0.3 is 9.47 Å². The second-order valence-electron chi connectivity index (χ2n) is 7.92. The van der Waals surface area contributed by atoms with Crippen LogP contribution in [-0.4, -0.2) is 37.5 Å². The van der Waals surface area contributed by atoms with Gasteiger partial charge in [0.2, 0.25) is 11.8 Å². The lowest BCUT2D eigenvalue weighted by atomic mass is 10.1. The van der Waals surface area contributed by atoms with Crippen molar-refractivity contribution in [3.8, 4) is 11.5 Å². The summed E-state index contributed by atoms with van der Waals surface area (Å²) in [5.41, 5.74) is 3.74. The molecular formula is C26H24N2O4S2. The first kappa shape index (κ1) is 22.7. The number of hydrogen-bond acceptors (Lipinski definition) is 6. The van der Waals surface area contributed by atoms with Gasteiger partial charge in [0.15, 0.2) is 0 Å². The van der Waals surface area contributed by atoms with Crippen LogP contribution in [0.4, 0.5) is 11.4 Å². The maximum Gasteiger partial charge on any atom is 0.238 e. The zero-order valence-corrected chi connectivity index (χ0v) is 20.5. The van der Waals surface area contributed by atoms with E-state index < -0.39 is 0 Å². The van der Waals surface area contributed by atoms with Crippen molar-refractivity contribution >= 4 is 46.7 Å². The number of thioether (sulfide) groups is 2. The third-order valence-corrected chi connectivity index (χ3v) is 8.33. The molecule has 3 aromatic carbocycles. The molecule has 2 amide bonds. The van der Waals surface area contributed by atoms with Crippen molar-refractivity contribution in [3.63, 3.8) is 0 Å². The zero-order chi connectivity index (χ0) is 23.7. The second kappa shape index (κ2) is 9.64. The van der Waals surface area contributed by atoms with Crippen LogP contribution in [0.25, 0.3) is 0 Å². The van der Waals surface area contributed by atoms with E-state index in [2.05, 4.69) is 24.3 Å². The van der Waals surface area contributed by atoms with E-state index >= 15 is 0 Å². The Morgan fingerprint density at radius 1 is 0.676 bits per heavy atom. The molecule has 8 heteroatoms. The summed E-state index contributed by atoms with van der Waals surface area (Å²) >= 11 is 3.22. The van der Waals surface area contributed by atoms with Gasteiger partial charge in [-0.05, 0) is 35.4 Å². The monoisotopic (exact) mass is 492 g/mol. The van der Waals surface area contributed by atoms with Crippen molar-refractivity contribution in [2.75, 3.05) is 35.5 Å². The molecule has 174 valence electrons. The summed E-state index contributed by atoms with van der Waals surface area (Å²) in [4.78, 5) is 29.1. The molecule has 0 aliphatic carbocycles. The van der Waals surface area contributed by atoms with Crippen LogP contribution in [-0.2, 0) is 9.59 Å². The Morgan fingerprint density at radius 3 is 1.47 bits per heavy atom. The lowest BCUT2D eigenvalue weighted by Crippen LogP contribution is -2.28. The van der Waals surface area contributed by atoms with Crippen molar-refractivity contribution < 1.29 is 19.1 Å². The van der Waals surface area contributed by atoms with Gasteiger partial charge in [-0.25, -0.2) is 0 Å². The average molecular weight is 493 g/mol. The molecule has 0 N–H and O–H groups in total. The first-order valence-electron chi connectivity index (χ1n) is 10.8. The lowest BCUT2D eigenvalue weighted by Gasteiger charge is -2.27. The first-order valence-corrected chi connectivity index (χ1v) is 12.9. The topological polar surface area (TPSA) is 59.1 Å². The highest BCUT2D eigenvalue weighted by atomic mass is 32.2. The summed E-state index contributed by atoms with van der Waals surface area (Å²) in [6.45, 7) is 0. The average Bonchev–Trinajstić information content (AvgIpc) is 3.46. The molecule has 2 aliphatic rings. The molecule has 0 spiro atoms. The molecule has 2 heterocycles. The third kappa shape index (κ3) is 4.23. The predicted octanol–water partition coefficient (Wildman–Crippen LogP) is 5.26. The Morgan fingerprint density at radius 2 is 1.09 bits per heavy atom. The van der Waals surface area contributed by atoms with Crippen molar-refractivity contribution in [2.24, 2.45) is 0 Å². The summed E-state index contributed by atoms with van der Waals surface area (Å²) in [5.74, 6) is 2.45. The molecule has 2 aliphatic heterocycles. The fourth-order valence-corrected chi connectivity index (χ4v) is 6.60. The van der Waals surface area contributed by atoms with Crippen molar-refractivity contribution in [2.45, 2.75) is 10.7 Å². The molecule has 0 radical (unpaired) electrons. The molecule has 0 saturated carbocycles. The van der Waals surface area contributed by atoms with Gasteiger partial charge in [-0.15, -0.1) is 23.5 Å². The van der Waals surface area contributed by atoms with E-state index in [-0.39, 0.29) is 22.6 Å². The maximum atomic E-state index is 12.7. The van der Waals surface area contributed by atoms with Crippen molar-refractivity contribution in [1.82, 2.24) is 0 Å². The predicted molar refractivity (Wildman–Crippen MR) is 138 cm³/mol. The molecule has 0 unspecified atom stereocenters. The van der Waals surface area contributed by atoms with Crippen LogP contribution in [0.3, 0.4) is 0 Å². The van der Waals surface area contributed by atoms with Gasteiger partial charge in [0.05, 0.1) is 25.7 Å². The van der Waals surface area contributed by atoms with Crippen LogP contribution >= 0.6 is 23.5 Å². The Balaban J connectivity index is 1.41. The molecule has 2 atom stereocenters. The van der Waals surface area contributed by atoms with Crippen LogP contribution in [0.2, 0.25) is 0 Å². The van der Waals surface area contributed by atoms with Crippen LogP contribution in [0.15, 0.2) is 72.8 Å². The highest BCUT2D eigenvalue weighted by Gasteiger charge is 2.36. The van der Waals surface area contributed by atoms with Gasteiger partial charge in [0.1, 0.15) is 22.2 Å². The van der Waals surface area contributed by atoms with Gasteiger partial charge in [0.25, 0.3) is 0 Å². The molecule has 2 saturated heterocycles. The van der Waals surface area contributed by atoms with Crippen LogP contribution < -0.4 is 19.3 Å². The second-order valence-corrected chi connectivity index (χ2v) is 10.1. The number of hydrogen-bond donors (Lipinski definition) is 0. The van der Waals surface area contributed by atoms with Gasteiger partial charge in [-0.1, -0.05) is 36.4 Å². The Labute approximate surface area is 207 Å². The Bertz CT molecular complexity index is 1120. The Hall–Kier alpha value is -3.10. The standard InChI is InChI=1S/C26H24N2O4S2/c1-31-21-7-3-5-19(13-21)27-23(29)15-33-25(27)17-9-11-18(12-10-17)26-28(24(30)16-34-26)20-6-4-8-22(14-20)32-2/h3-14,25-26H,15-16H2,1-2H3/t25-,26-/m0/s1. The van der Waals surface area contributed by atoms with E-state index in [0.29, 0.717) is 11.5 Å². The quantitative estimate of drug-likeness (QED) is 0.468. The molecule has 6 nitrogen and oxygen atoms in total. The third-order valence-electron chi connectivity index (χ3n) is 5.91. The SMILES string of the molecule is COc1cccc(N2C(=O)CS[C@H]2c2ccc([C@@H]3SCC(=O)N3c3cccc(OC)c3)cc2)c1. The van der Waals surface area contributed by atoms with Gasteiger partial charge in [-0.2, -0.15) is 0 Å². The van der Waals surface area contributed by atoms with Gasteiger partial charge in [0, 0.05) is 23.5 Å². The lowest BCUT2D eigenvalue weighted by molar-refractivity contribution is -0.116. The number of carbonyl (C=O) groups excluding carboxylic acids is 2. The minimum absolute atomic E-state index is 0.0773. The van der Waals surface area contributed by atoms with E-state index in [1.54, 1.807) is 37.7 Å². The fraction of sp³-hybridized carbons (Fsp3) is 0.231. The number of anilines is 2. The van der Waals surface area contributed by atoms with E-state index in [9.17, 15) is 9.59 Å². The molecule has 5 rings (SSSR count). The van der Waals surface area contributed by atoms with E-state index in [1.807, 2.05) is 58.3 Å². The van der Waals surface area contributed by atoms with Crippen LogP contribution in [0.1, 0.15) is 21.9 Å². The molecule has 2 fully saturated rings. The zero-order valence-electron chi connectivity index (χ0n) is 18.8. The van der Waals surface area contributed by atoms with E-state index in [4.69, 9.17) is 9.47 Å². The molecule has 0 bridgehead atoms. The summed E-state index contributed by atoms with van der Waals surface area (Å²) in [6.07, 6.45) is 0. The fourth-order valence-electron chi connectivity index (χ4n) is 4.25. The summed E-state index contributed by atoms with van der Waals surface area (Å²) in [7, 11) is 3.24. The number of nitrogens with zero attached hydrogens (tertiary/aromatic N) is 2. The van der Waals surface area contributed by atoms with Crippen LogP contribution in [0.5, 0.6) is 11.5 Å². The summed E-state index contributed by atoms with van der Waals surface area (Å²) in [6, 6.07) is 23.4. The number of carbonyl (C=O) groups is 2. The van der Waals surface area contributed by atoms with E-state index in [0.717, 1.165) is 34.0 Å². The number of methoxy groups -OCH3 is 2. The number of amides is 2. The molecular weight excluding hydrogens is 468 g/mol. The number of rotatable bonds is 6. The maximum absolute atomic E-state index is 12.7. The smallest absolute Gasteiger partial charge is 0.238 e. The Kier molecular flexibility index (Phi) is 6.43. The number of ether oxygens (including phenoxy) is 2. The van der Waals surface area contributed by atoms with Crippen molar-refractivity contribution in [1.29, 1.82) is 0 Å². The molecule has 0 aromatic heterocycles. The largest absolute Gasteiger partial charge is 0.497 e. The first-order chi connectivity index (χ1) is 16.6. The number of benzene rings is 3. The van der Waals surface area contributed by atoms with Gasteiger partial charge >= 0.3 is 0 Å². The minimum Gasteiger partial charge on any atom is -0.497 e.